The van der Waals surface area contributed by atoms with E-state index in [0.29, 0.717) is 5.41 Å². The van der Waals surface area contributed by atoms with E-state index < -0.39 is 0 Å². The number of hydrogen-bond acceptors (Lipinski definition) is 0. The zero-order valence-electron chi connectivity index (χ0n) is 8.77. The van der Waals surface area contributed by atoms with E-state index in [1.54, 1.807) is 0 Å². The summed E-state index contributed by atoms with van der Waals surface area (Å²) in [7, 11) is 2.45. The van der Waals surface area contributed by atoms with Crippen molar-refractivity contribution in [1.82, 2.24) is 0 Å². The van der Waals surface area contributed by atoms with E-state index >= 15 is 0 Å². The summed E-state index contributed by atoms with van der Waals surface area (Å²) >= 11 is 0. The second kappa shape index (κ2) is 2.47. The molecule has 1 nitrogen and oxygen atoms in total. The van der Waals surface area contributed by atoms with Crippen molar-refractivity contribution >= 4 is 0 Å². The maximum atomic E-state index is 2.50. The van der Waals surface area contributed by atoms with Crippen LogP contribution in [0.2, 0.25) is 0 Å². The van der Waals surface area contributed by atoms with Gasteiger partial charge < -0.3 is 4.48 Å². The highest BCUT2D eigenvalue weighted by Crippen LogP contribution is 2.45. The summed E-state index contributed by atoms with van der Waals surface area (Å²) < 4.78 is 1.37. The molecule has 0 spiro atoms. The molecule has 0 radical (unpaired) electrons. The fraction of sp³-hybridized carbons (Fsp3) is 1.00. The highest BCUT2D eigenvalue weighted by atomic mass is 15.4. The third-order valence-electron chi connectivity index (χ3n) is 4.08. The number of piperidine rings is 1. The van der Waals surface area contributed by atoms with E-state index in [9.17, 15) is 0 Å². The van der Waals surface area contributed by atoms with Gasteiger partial charge >= 0.3 is 0 Å². The molecule has 1 heteroatoms. The maximum Gasteiger partial charge on any atom is 0.0841 e. The fourth-order valence-electron chi connectivity index (χ4n) is 3.60. The first-order chi connectivity index (χ1) is 5.55. The van der Waals surface area contributed by atoms with Crippen molar-refractivity contribution in [3.8, 4) is 0 Å². The van der Waals surface area contributed by atoms with Crippen molar-refractivity contribution < 1.29 is 4.48 Å². The van der Waals surface area contributed by atoms with Crippen molar-refractivity contribution in [1.29, 1.82) is 0 Å². The first kappa shape index (κ1) is 8.55. The molecule has 70 valence electrons. The van der Waals surface area contributed by atoms with Gasteiger partial charge in [-0.25, -0.2) is 0 Å². The van der Waals surface area contributed by atoms with Crippen LogP contribution in [0.3, 0.4) is 0 Å². The summed E-state index contributed by atoms with van der Waals surface area (Å²) in [5.74, 6) is 1.01. The topological polar surface area (TPSA) is 0 Å². The van der Waals surface area contributed by atoms with Crippen LogP contribution in [0.25, 0.3) is 0 Å². The molecule has 3 atom stereocenters. The molecule has 0 aromatic rings. The van der Waals surface area contributed by atoms with E-state index in [2.05, 4.69) is 20.9 Å². The Bertz CT molecular complexity index is 171. The predicted octanol–water partition coefficient (Wildman–Crippen LogP) is 2.27. The number of rotatable bonds is 1. The Balaban J connectivity index is 2.16. The van der Waals surface area contributed by atoms with Gasteiger partial charge in [-0.05, 0) is 12.8 Å². The van der Waals surface area contributed by atoms with E-state index in [0.717, 1.165) is 5.92 Å². The number of quaternary nitrogens is 1. The number of nitrogens with zero attached hydrogens (tertiary/aromatic N) is 1. The standard InChI is InChI=1S/C11H22N/c1-4-10-7-11(2)5-6-12(3,8-10)9-11/h10H,4-9H2,1-3H3/q+1. The molecule has 2 fully saturated rings. The number of fused-ring (bicyclic) bond motifs is 2. The summed E-state index contributed by atoms with van der Waals surface area (Å²) in [4.78, 5) is 0. The lowest BCUT2D eigenvalue weighted by atomic mass is 9.77. The third-order valence-corrected chi connectivity index (χ3v) is 4.08. The minimum absolute atomic E-state index is 0.702. The Morgan fingerprint density at radius 1 is 1.50 bits per heavy atom. The zero-order chi connectivity index (χ0) is 8.82. The first-order valence-corrected chi connectivity index (χ1v) is 5.39. The summed E-state index contributed by atoms with van der Waals surface area (Å²) in [6, 6.07) is 0. The van der Waals surface area contributed by atoms with Crippen molar-refractivity contribution in [2.75, 3.05) is 26.7 Å². The molecule has 0 saturated carbocycles. The molecular formula is C11H22N+. The molecular weight excluding hydrogens is 146 g/mol. The highest BCUT2D eigenvalue weighted by molar-refractivity contribution is 4.86. The predicted molar refractivity (Wildman–Crippen MR) is 51.9 cm³/mol. The second-order valence-electron chi connectivity index (χ2n) is 5.72. The lowest BCUT2D eigenvalue weighted by Crippen LogP contribution is -2.50. The summed E-state index contributed by atoms with van der Waals surface area (Å²) in [5, 5.41) is 0. The van der Waals surface area contributed by atoms with E-state index in [-0.39, 0.29) is 0 Å². The SMILES string of the molecule is CCC1CC2(C)CC[N+](C)(C1)C2. The van der Waals surface area contributed by atoms with Crippen LogP contribution in [0, 0.1) is 11.3 Å². The molecule has 0 amide bonds. The Labute approximate surface area is 76.3 Å². The molecule has 2 rings (SSSR count). The average molecular weight is 168 g/mol. The van der Waals surface area contributed by atoms with Crippen molar-refractivity contribution in [3.63, 3.8) is 0 Å². The highest BCUT2D eigenvalue weighted by Gasteiger charge is 2.49. The second-order valence-corrected chi connectivity index (χ2v) is 5.72. The molecule has 0 aromatic carbocycles. The van der Waals surface area contributed by atoms with Gasteiger partial charge in [-0.2, -0.15) is 0 Å². The van der Waals surface area contributed by atoms with Crippen LogP contribution >= 0.6 is 0 Å². The van der Waals surface area contributed by atoms with Crippen LogP contribution in [-0.2, 0) is 0 Å². The molecule has 12 heavy (non-hydrogen) atoms. The molecule has 2 bridgehead atoms. The van der Waals surface area contributed by atoms with E-state index in [1.165, 1.54) is 43.4 Å². The lowest BCUT2D eigenvalue weighted by molar-refractivity contribution is -0.908. The molecule has 0 aliphatic carbocycles. The minimum Gasteiger partial charge on any atom is -0.325 e. The zero-order valence-corrected chi connectivity index (χ0v) is 8.77. The fourth-order valence-corrected chi connectivity index (χ4v) is 3.60. The molecule has 2 saturated heterocycles. The van der Waals surface area contributed by atoms with Gasteiger partial charge in [0, 0.05) is 17.8 Å². The van der Waals surface area contributed by atoms with Gasteiger partial charge in [-0.1, -0.05) is 13.8 Å². The largest absolute Gasteiger partial charge is 0.325 e. The summed E-state index contributed by atoms with van der Waals surface area (Å²) in [6.45, 7) is 9.19. The monoisotopic (exact) mass is 168 g/mol. The van der Waals surface area contributed by atoms with Crippen LogP contribution in [0.15, 0.2) is 0 Å². The van der Waals surface area contributed by atoms with Crippen molar-refractivity contribution in [3.05, 3.63) is 0 Å². The van der Waals surface area contributed by atoms with Gasteiger partial charge in [-0.15, -0.1) is 0 Å². The molecule has 2 aliphatic heterocycles. The van der Waals surface area contributed by atoms with Gasteiger partial charge in [0.05, 0.1) is 26.7 Å². The molecule has 3 unspecified atom stereocenters. The first-order valence-electron chi connectivity index (χ1n) is 5.39. The average Bonchev–Trinajstić information content (AvgIpc) is 2.20. The van der Waals surface area contributed by atoms with Gasteiger partial charge in [0.1, 0.15) is 0 Å². The Morgan fingerprint density at radius 2 is 2.25 bits per heavy atom. The van der Waals surface area contributed by atoms with Crippen LogP contribution in [0.1, 0.15) is 33.1 Å². The Kier molecular flexibility index (Phi) is 1.76. The van der Waals surface area contributed by atoms with Crippen LogP contribution < -0.4 is 0 Å². The van der Waals surface area contributed by atoms with Crippen molar-refractivity contribution in [2.45, 2.75) is 33.1 Å². The van der Waals surface area contributed by atoms with E-state index in [4.69, 9.17) is 0 Å². The molecule has 2 aliphatic rings. The number of hydrogen-bond donors (Lipinski definition) is 0. The van der Waals surface area contributed by atoms with Gasteiger partial charge in [-0.3, -0.25) is 0 Å². The summed E-state index contributed by atoms with van der Waals surface area (Å²) in [5.41, 5.74) is 0.702. The van der Waals surface area contributed by atoms with Gasteiger partial charge in [0.2, 0.25) is 0 Å². The third kappa shape index (κ3) is 1.28. The molecule has 2 heterocycles. The molecule has 0 aromatic heterocycles. The molecule has 0 N–H and O–H groups in total. The Morgan fingerprint density at radius 3 is 2.83 bits per heavy atom. The maximum absolute atomic E-state index is 2.50. The smallest absolute Gasteiger partial charge is 0.0841 e. The van der Waals surface area contributed by atoms with E-state index in [1.807, 2.05) is 0 Å². The normalized spacial score (nSPS) is 52.8. The quantitative estimate of drug-likeness (QED) is 0.527. The van der Waals surface area contributed by atoms with Crippen molar-refractivity contribution in [2.24, 2.45) is 11.3 Å². The lowest BCUT2D eigenvalue weighted by Gasteiger charge is -2.41. The van der Waals surface area contributed by atoms with Gasteiger partial charge in [0.15, 0.2) is 0 Å². The van der Waals surface area contributed by atoms with Crippen LogP contribution in [0.5, 0.6) is 0 Å². The Hall–Kier alpha value is -0.0400. The van der Waals surface area contributed by atoms with Crippen LogP contribution in [0.4, 0.5) is 0 Å². The minimum atomic E-state index is 0.702. The van der Waals surface area contributed by atoms with Crippen LogP contribution in [-0.4, -0.2) is 31.2 Å². The van der Waals surface area contributed by atoms with Gasteiger partial charge in [0.25, 0.3) is 0 Å². The summed E-state index contributed by atoms with van der Waals surface area (Å²) in [6.07, 6.45) is 4.36.